The highest BCUT2D eigenvalue weighted by molar-refractivity contribution is 5.69. The number of hydrogen-bond donors (Lipinski definition) is 0. The van der Waals surface area contributed by atoms with Crippen molar-refractivity contribution in [2.75, 3.05) is 0 Å². The van der Waals surface area contributed by atoms with Crippen LogP contribution < -0.4 is 14.2 Å². The molecule has 0 aliphatic carbocycles. The molecule has 0 saturated carbocycles. The molecular formula is C21H18O4. The summed E-state index contributed by atoms with van der Waals surface area (Å²) in [5, 5.41) is 0. The molecular weight excluding hydrogens is 316 g/mol. The van der Waals surface area contributed by atoms with E-state index in [1.807, 2.05) is 60.7 Å². The lowest BCUT2D eigenvalue weighted by molar-refractivity contribution is -0.131. The van der Waals surface area contributed by atoms with E-state index in [0.717, 1.165) is 5.56 Å². The van der Waals surface area contributed by atoms with Crippen molar-refractivity contribution in [2.24, 2.45) is 0 Å². The largest absolute Gasteiger partial charge is 0.451 e. The zero-order chi connectivity index (χ0) is 17.5. The van der Waals surface area contributed by atoms with E-state index in [0.29, 0.717) is 17.2 Å². The van der Waals surface area contributed by atoms with Gasteiger partial charge in [-0.1, -0.05) is 48.5 Å². The van der Waals surface area contributed by atoms with Gasteiger partial charge in [-0.05, 0) is 36.4 Å². The van der Waals surface area contributed by atoms with E-state index in [-0.39, 0.29) is 5.97 Å². The first kappa shape index (κ1) is 16.6. The van der Waals surface area contributed by atoms with Gasteiger partial charge >= 0.3 is 5.97 Å². The molecule has 0 aromatic heterocycles. The van der Waals surface area contributed by atoms with E-state index in [1.54, 1.807) is 24.3 Å². The highest BCUT2D eigenvalue weighted by Crippen LogP contribution is 2.27. The first-order valence-electron chi connectivity index (χ1n) is 7.92. The molecule has 4 heteroatoms. The average Bonchev–Trinajstić information content (AvgIpc) is 2.64. The summed E-state index contributed by atoms with van der Waals surface area (Å²) < 4.78 is 17.0. The molecule has 126 valence electrons. The number of benzene rings is 3. The number of carbonyl (C=O) groups is 1. The van der Waals surface area contributed by atoms with Crippen LogP contribution in [-0.2, 0) is 4.79 Å². The van der Waals surface area contributed by atoms with Gasteiger partial charge in [-0.15, -0.1) is 0 Å². The second kappa shape index (κ2) is 8.02. The Morgan fingerprint density at radius 1 is 0.680 bits per heavy atom. The van der Waals surface area contributed by atoms with Gasteiger partial charge in [0.15, 0.2) is 0 Å². The van der Waals surface area contributed by atoms with Crippen LogP contribution >= 0.6 is 0 Å². The maximum atomic E-state index is 11.0. The molecule has 3 aromatic rings. The molecule has 1 atom stereocenters. The summed E-state index contributed by atoms with van der Waals surface area (Å²) in [6.45, 7) is 1.36. The van der Waals surface area contributed by atoms with Crippen molar-refractivity contribution in [1.29, 1.82) is 0 Å². The van der Waals surface area contributed by atoms with Crippen LogP contribution in [0.3, 0.4) is 0 Å². The average molecular weight is 334 g/mol. The highest BCUT2D eigenvalue weighted by Gasteiger charge is 2.15. The molecule has 0 heterocycles. The summed E-state index contributed by atoms with van der Waals surface area (Å²) in [6, 6.07) is 26.0. The van der Waals surface area contributed by atoms with Gasteiger partial charge in [0.05, 0.1) is 0 Å². The molecule has 0 aliphatic rings. The van der Waals surface area contributed by atoms with Crippen molar-refractivity contribution in [3.8, 4) is 17.2 Å². The Hall–Kier alpha value is -3.27. The standard InChI is InChI=1S/C21H18O4/c1-16(22)23-19-12-14-20(15-13-19)25-21(17-8-4-2-5-9-17)24-18-10-6-3-7-11-18/h2-15,21H,1H3. The topological polar surface area (TPSA) is 44.8 Å². The van der Waals surface area contributed by atoms with Crippen LogP contribution in [0.15, 0.2) is 84.9 Å². The molecule has 25 heavy (non-hydrogen) atoms. The van der Waals surface area contributed by atoms with Crippen molar-refractivity contribution in [1.82, 2.24) is 0 Å². The number of esters is 1. The van der Waals surface area contributed by atoms with Gasteiger partial charge in [-0.2, -0.15) is 0 Å². The molecule has 0 spiro atoms. The van der Waals surface area contributed by atoms with Crippen LogP contribution in [0.5, 0.6) is 17.2 Å². The summed E-state index contributed by atoms with van der Waals surface area (Å²) in [4.78, 5) is 11.0. The summed E-state index contributed by atoms with van der Waals surface area (Å²) in [6.07, 6.45) is -0.594. The van der Waals surface area contributed by atoms with E-state index in [2.05, 4.69) is 0 Å². The monoisotopic (exact) mass is 334 g/mol. The van der Waals surface area contributed by atoms with Crippen molar-refractivity contribution in [3.63, 3.8) is 0 Å². The maximum absolute atomic E-state index is 11.0. The van der Waals surface area contributed by atoms with Crippen molar-refractivity contribution >= 4 is 5.97 Å². The smallest absolute Gasteiger partial charge is 0.308 e. The second-order valence-corrected chi connectivity index (χ2v) is 5.36. The van der Waals surface area contributed by atoms with Gasteiger partial charge in [-0.3, -0.25) is 4.79 Å². The van der Waals surface area contributed by atoms with Gasteiger partial charge < -0.3 is 14.2 Å². The molecule has 3 aromatic carbocycles. The maximum Gasteiger partial charge on any atom is 0.308 e. The lowest BCUT2D eigenvalue weighted by Crippen LogP contribution is -2.15. The number of hydrogen-bond acceptors (Lipinski definition) is 4. The minimum atomic E-state index is -0.594. The fourth-order valence-electron chi connectivity index (χ4n) is 2.27. The Bertz CT molecular complexity index is 798. The van der Waals surface area contributed by atoms with Gasteiger partial charge in [0.2, 0.25) is 0 Å². The summed E-state index contributed by atoms with van der Waals surface area (Å²) in [7, 11) is 0. The SMILES string of the molecule is CC(=O)Oc1ccc(OC(Oc2ccccc2)c2ccccc2)cc1. The lowest BCUT2D eigenvalue weighted by Gasteiger charge is -2.21. The van der Waals surface area contributed by atoms with Crippen LogP contribution in [0.25, 0.3) is 0 Å². The lowest BCUT2D eigenvalue weighted by atomic mass is 10.2. The number of ether oxygens (including phenoxy) is 3. The summed E-state index contributed by atoms with van der Waals surface area (Å²) in [5.41, 5.74) is 0.899. The predicted molar refractivity (Wildman–Crippen MR) is 94.6 cm³/mol. The summed E-state index contributed by atoms with van der Waals surface area (Å²) in [5.74, 6) is 1.44. The van der Waals surface area contributed by atoms with Crippen molar-refractivity contribution in [3.05, 3.63) is 90.5 Å². The zero-order valence-corrected chi connectivity index (χ0v) is 13.8. The van der Waals surface area contributed by atoms with Crippen LogP contribution in [-0.4, -0.2) is 5.97 Å². The third kappa shape index (κ3) is 4.85. The molecule has 0 aliphatic heterocycles. The molecule has 0 N–H and O–H groups in total. The van der Waals surface area contributed by atoms with Crippen LogP contribution in [0.2, 0.25) is 0 Å². The second-order valence-electron chi connectivity index (χ2n) is 5.36. The minimum Gasteiger partial charge on any atom is -0.451 e. The Morgan fingerprint density at radius 2 is 1.16 bits per heavy atom. The number of para-hydroxylation sites is 1. The predicted octanol–water partition coefficient (Wildman–Crippen LogP) is 4.77. The van der Waals surface area contributed by atoms with Crippen LogP contribution in [0.1, 0.15) is 18.8 Å². The van der Waals surface area contributed by atoms with Gasteiger partial charge in [0.25, 0.3) is 6.29 Å². The molecule has 4 nitrogen and oxygen atoms in total. The zero-order valence-electron chi connectivity index (χ0n) is 13.8. The summed E-state index contributed by atoms with van der Waals surface area (Å²) >= 11 is 0. The van der Waals surface area contributed by atoms with Crippen molar-refractivity contribution < 1.29 is 19.0 Å². The normalized spacial score (nSPS) is 11.4. The van der Waals surface area contributed by atoms with Gasteiger partial charge in [-0.25, -0.2) is 0 Å². The fraction of sp³-hybridized carbons (Fsp3) is 0.0952. The first-order chi connectivity index (χ1) is 12.2. The minimum absolute atomic E-state index is 0.358. The van der Waals surface area contributed by atoms with E-state index in [9.17, 15) is 4.79 Å². The van der Waals surface area contributed by atoms with E-state index in [1.165, 1.54) is 6.92 Å². The first-order valence-corrected chi connectivity index (χ1v) is 7.92. The molecule has 0 amide bonds. The van der Waals surface area contributed by atoms with Crippen LogP contribution in [0.4, 0.5) is 0 Å². The van der Waals surface area contributed by atoms with E-state index < -0.39 is 6.29 Å². The molecule has 3 rings (SSSR count). The van der Waals surface area contributed by atoms with Crippen molar-refractivity contribution in [2.45, 2.75) is 13.2 Å². The third-order valence-corrected chi connectivity index (χ3v) is 3.39. The number of carbonyl (C=O) groups excluding carboxylic acids is 1. The Balaban J connectivity index is 1.79. The third-order valence-electron chi connectivity index (χ3n) is 3.39. The van der Waals surface area contributed by atoms with Gasteiger partial charge in [0, 0.05) is 12.5 Å². The quantitative estimate of drug-likeness (QED) is 0.370. The Labute approximate surface area is 146 Å². The number of rotatable bonds is 6. The Kier molecular flexibility index (Phi) is 5.32. The Morgan fingerprint density at radius 3 is 1.72 bits per heavy atom. The molecule has 0 fully saturated rings. The molecule has 0 radical (unpaired) electrons. The molecule has 0 bridgehead atoms. The highest BCUT2D eigenvalue weighted by atomic mass is 16.7. The van der Waals surface area contributed by atoms with E-state index >= 15 is 0 Å². The van der Waals surface area contributed by atoms with Gasteiger partial charge in [0.1, 0.15) is 17.2 Å². The molecule has 0 saturated heterocycles. The van der Waals surface area contributed by atoms with Crippen LogP contribution in [0, 0.1) is 0 Å². The van der Waals surface area contributed by atoms with E-state index in [4.69, 9.17) is 14.2 Å². The fourth-order valence-corrected chi connectivity index (χ4v) is 2.27. The molecule has 1 unspecified atom stereocenters.